The van der Waals surface area contributed by atoms with Crippen LogP contribution in [0, 0.1) is 0 Å². The van der Waals surface area contributed by atoms with Crippen molar-refractivity contribution in [2.75, 3.05) is 0 Å². The number of hydrogen-bond acceptors (Lipinski definition) is 1. The van der Waals surface area contributed by atoms with Gasteiger partial charge in [0, 0.05) is 0 Å². The Morgan fingerprint density at radius 3 is 2.43 bits per heavy atom. The summed E-state index contributed by atoms with van der Waals surface area (Å²) in [5, 5.41) is 0. The molecule has 0 saturated carbocycles. The fourth-order valence-electron chi connectivity index (χ4n) is 0.783. The molecule has 0 bridgehead atoms. The van der Waals surface area contributed by atoms with Crippen molar-refractivity contribution in [1.29, 1.82) is 0 Å². The Bertz CT molecular complexity index is 290. The van der Waals surface area contributed by atoms with Gasteiger partial charge in [0.2, 0.25) is 0 Å². The van der Waals surface area contributed by atoms with Crippen LogP contribution >= 0.6 is 0 Å². The minimum Gasteiger partial charge on any atom is -0.298 e. The van der Waals surface area contributed by atoms with Crippen LogP contribution in [0.2, 0.25) is 0 Å². The van der Waals surface area contributed by atoms with E-state index in [9.17, 15) is 4.79 Å². The van der Waals surface area contributed by atoms with Gasteiger partial charge in [-0.1, -0.05) is 56.5 Å². The number of carbonyl (C=O) groups excluding carboxylic acids is 1. The van der Waals surface area contributed by atoms with Crippen molar-refractivity contribution in [1.82, 2.24) is 0 Å². The predicted molar refractivity (Wildman–Crippen MR) is 62.1 cm³/mol. The highest BCUT2D eigenvalue weighted by molar-refractivity contribution is 5.73. The lowest BCUT2D eigenvalue weighted by atomic mass is 10.2. The Kier molecular flexibility index (Phi) is 7.06. The normalized spacial score (nSPS) is 12.2. The smallest absolute Gasteiger partial charge is 0.146 e. The molecule has 0 saturated heterocycles. The molecule has 74 valence electrons. The first-order valence-electron chi connectivity index (χ1n) is 4.55. The van der Waals surface area contributed by atoms with Gasteiger partial charge in [-0.2, -0.15) is 0 Å². The summed E-state index contributed by atoms with van der Waals surface area (Å²) in [6.07, 6.45) is 12.4. The Labute approximate surface area is 85.8 Å². The third-order valence-electron chi connectivity index (χ3n) is 1.63. The monoisotopic (exact) mass is 188 g/mol. The Balaban J connectivity index is 4.23. The quantitative estimate of drug-likeness (QED) is 0.355. The van der Waals surface area contributed by atoms with Crippen LogP contribution in [0.4, 0.5) is 0 Å². The van der Waals surface area contributed by atoms with Gasteiger partial charge in [0.15, 0.2) is 0 Å². The zero-order valence-corrected chi connectivity index (χ0v) is 8.57. The van der Waals surface area contributed by atoms with Gasteiger partial charge in [-0.25, -0.2) is 0 Å². The second-order valence-electron chi connectivity index (χ2n) is 2.74. The molecule has 0 radical (unpaired) electrons. The van der Waals surface area contributed by atoms with E-state index in [1.54, 1.807) is 12.2 Å². The van der Waals surface area contributed by atoms with Gasteiger partial charge in [0.05, 0.1) is 0 Å². The summed E-state index contributed by atoms with van der Waals surface area (Å²) < 4.78 is 0. The van der Waals surface area contributed by atoms with Crippen LogP contribution < -0.4 is 0 Å². The molecule has 0 spiro atoms. The summed E-state index contributed by atoms with van der Waals surface area (Å²) in [6, 6.07) is 0. The number of hydrogen-bond donors (Lipinski definition) is 0. The molecule has 0 amide bonds. The number of carbonyl (C=O) groups is 1. The molecule has 0 aliphatic carbocycles. The van der Waals surface area contributed by atoms with Gasteiger partial charge in [-0.05, 0) is 17.6 Å². The number of aldehydes is 1. The summed E-state index contributed by atoms with van der Waals surface area (Å²) in [5.74, 6) is 0. The van der Waals surface area contributed by atoms with Crippen molar-refractivity contribution >= 4 is 6.29 Å². The molecule has 0 unspecified atom stereocenters. The van der Waals surface area contributed by atoms with Crippen molar-refractivity contribution < 1.29 is 4.79 Å². The highest BCUT2D eigenvalue weighted by Crippen LogP contribution is 1.99. The molecule has 1 heteroatoms. The first kappa shape index (κ1) is 12.4. The highest BCUT2D eigenvalue weighted by Gasteiger charge is 1.85. The molecule has 0 N–H and O–H groups in total. The van der Waals surface area contributed by atoms with E-state index in [1.807, 2.05) is 31.2 Å². The molecule has 0 atom stereocenters. The van der Waals surface area contributed by atoms with Crippen LogP contribution in [0.25, 0.3) is 0 Å². The molecule has 0 rings (SSSR count). The summed E-state index contributed by atoms with van der Waals surface area (Å²) in [5.41, 5.74) is 1.66. The largest absolute Gasteiger partial charge is 0.298 e. The molecule has 0 heterocycles. The summed E-state index contributed by atoms with van der Waals surface area (Å²) >= 11 is 0. The van der Waals surface area contributed by atoms with Crippen molar-refractivity contribution in [2.45, 2.75) is 13.3 Å². The van der Waals surface area contributed by atoms with Gasteiger partial charge in [0.25, 0.3) is 0 Å². The standard InChI is InChI=1S/C13H16O/c1-4-6-8-12(3)9-7-10-13(5-2)11-14/h4,6-11H,1,3,5H2,2H3/b8-6-,9-7-,13-10+. The van der Waals surface area contributed by atoms with E-state index < -0.39 is 0 Å². The fourth-order valence-corrected chi connectivity index (χ4v) is 0.783. The molecule has 0 fully saturated rings. The van der Waals surface area contributed by atoms with Crippen molar-refractivity contribution in [3.63, 3.8) is 0 Å². The fraction of sp³-hybridized carbons (Fsp3) is 0.154. The van der Waals surface area contributed by atoms with Crippen LogP contribution in [0.15, 0.2) is 60.8 Å². The lowest BCUT2D eigenvalue weighted by molar-refractivity contribution is -0.105. The first-order chi connectivity index (χ1) is 6.74. The van der Waals surface area contributed by atoms with Crippen LogP contribution in [-0.4, -0.2) is 6.29 Å². The Morgan fingerprint density at radius 2 is 1.93 bits per heavy atom. The van der Waals surface area contributed by atoms with E-state index in [0.29, 0.717) is 0 Å². The van der Waals surface area contributed by atoms with E-state index in [0.717, 1.165) is 23.9 Å². The second kappa shape index (κ2) is 7.99. The zero-order valence-electron chi connectivity index (χ0n) is 8.57. The van der Waals surface area contributed by atoms with Crippen molar-refractivity contribution in [3.05, 3.63) is 60.8 Å². The summed E-state index contributed by atoms with van der Waals surface area (Å²) in [7, 11) is 0. The van der Waals surface area contributed by atoms with Gasteiger partial charge < -0.3 is 0 Å². The lowest BCUT2D eigenvalue weighted by Gasteiger charge is -1.89. The summed E-state index contributed by atoms with van der Waals surface area (Å²) in [4.78, 5) is 10.4. The Morgan fingerprint density at radius 1 is 1.29 bits per heavy atom. The number of rotatable bonds is 6. The SMILES string of the molecule is C=C/C=C\C(=C)/C=C\C=C(\C=O)CC. The minimum absolute atomic E-state index is 0.753. The van der Waals surface area contributed by atoms with Crippen molar-refractivity contribution in [2.24, 2.45) is 0 Å². The van der Waals surface area contributed by atoms with Gasteiger partial charge in [0.1, 0.15) is 6.29 Å². The van der Waals surface area contributed by atoms with E-state index in [4.69, 9.17) is 0 Å². The van der Waals surface area contributed by atoms with Crippen LogP contribution in [0.3, 0.4) is 0 Å². The number of allylic oxidation sites excluding steroid dienone is 8. The van der Waals surface area contributed by atoms with Gasteiger partial charge in [-0.15, -0.1) is 0 Å². The van der Waals surface area contributed by atoms with E-state index in [1.165, 1.54) is 0 Å². The molecule has 1 nitrogen and oxygen atoms in total. The molecule has 0 aliphatic heterocycles. The third kappa shape index (κ3) is 5.95. The van der Waals surface area contributed by atoms with Crippen LogP contribution in [0.5, 0.6) is 0 Å². The third-order valence-corrected chi connectivity index (χ3v) is 1.63. The average molecular weight is 188 g/mol. The molecule has 0 aromatic heterocycles. The molecule has 14 heavy (non-hydrogen) atoms. The second-order valence-corrected chi connectivity index (χ2v) is 2.74. The minimum atomic E-state index is 0.753. The predicted octanol–water partition coefficient (Wildman–Crippen LogP) is 3.38. The molecular formula is C13H16O. The topological polar surface area (TPSA) is 17.1 Å². The molecular weight excluding hydrogens is 172 g/mol. The van der Waals surface area contributed by atoms with E-state index >= 15 is 0 Å². The zero-order chi connectivity index (χ0) is 10.8. The first-order valence-corrected chi connectivity index (χ1v) is 4.55. The molecule has 0 aliphatic rings. The average Bonchev–Trinajstić information content (AvgIpc) is 2.21. The summed E-state index contributed by atoms with van der Waals surface area (Å²) in [6.45, 7) is 9.30. The van der Waals surface area contributed by atoms with Crippen LogP contribution in [0.1, 0.15) is 13.3 Å². The van der Waals surface area contributed by atoms with E-state index in [2.05, 4.69) is 13.2 Å². The van der Waals surface area contributed by atoms with Crippen LogP contribution in [-0.2, 0) is 4.79 Å². The maximum Gasteiger partial charge on any atom is 0.146 e. The van der Waals surface area contributed by atoms with Gasteiger partial charge >= 0.3 is 0 Å². The lowest BCUT2D eigenvalue weighted by Crippen LogP contribution is -1.79. The molecule has 0 aromatic rings. The van der Waals surface area contributed by atoms with Crippen molar-refractivity contribution in [3.8, 4) is 0 Å². The Hall–Kier alpha value is -1.63. The highest BCUT2D eigenvalue weighted by atomic mass is 16.1. The maximum absolute atomic E-state index is 10.4. The molecule has 0 aromatic carbocycles. The maximum atomic E-state index is 10.4. The van der Waals surface area contributed by atoms with E-state index in [-0.39, 0.29) is 0 Å². The van der Waals surface area contributed by atoms with Gasteiger partial charge in [-0.3, -0.25) is 4.79 Å².